The molecule has 1 N–H and O–H groups in total. The van der Waals surface area contributed by atoms with Crippen LogP contribution in [0.4, 0.5) is 0 Å². The van der Waals surface area contributed by atoms with Crippen LogP contribution in [0.3, 0.4) is 0 Å². The topological polar surface area (TPSA) is 28.2 Å². The molecule has 3 rings (SSSR count). The van der Waals surface area contributed by atoms with Crippen molar-refractivity contribution < 1.29 is 0 Å². The second-order valence-electron chi connectivity index (χ2n) is 7.18. The molecule has 0 aliphatic carbocycles. The fourth-order valence-corrected chi connectivity index (χ4v) is 4.63. The Labute approximate surface area is 155 Å². The molecule has 0 aromatic carbocycles. The van der Waals surface area contributed by atoms with E-state index in [0.29, 0.717) is 6.04 Å². The normalized spacial score (nSPS) is 16.6. The largest absolute Gasteiger partial charge is 0.380 e. The number of thiophene rings is 1. The number of hydrogen-bond acceptors (Lipinski definition) is 4. The van der Waals surface area contributed by atoms with Crippen LogP contribution in [0.2, 0.25) is 0 Å². The molecule has 1 fully saturated rings. The van der Waals surface area contributed by atoms with Crippen LogP contribution in [0.15, 0.2) is 31.0 Å². The van der Waals surface area contributed by atoms with Crippen LogP contribution in [-0.2, 0) is 0 Å². The van der Waals surface area contributed by atoms with Gasteiger partial charge in [0.2, 0.25) is 0 Å². The van der Waals surface area contributed by atoms with E-state index in [9.17, 15) is 0 Å². The molecular weight excluding hydrogens is 326 g/mol. The molecule has 3 nitrogen and oxygen atoms in total. The Kier molecular flexibility index (Phi) is 5.92. The monoisotopic (exact) mass is 355 g/mol. The number of piperidine rings is 1. The molecule has 1 atom stereocenters. The van der Waals surface area contributed by atoms with Crippen molar-refractivity contribution in [2.24, 2.45) is 0 Å². The van der Waals surface area contributed by atoms with Crippen molar-refractivity contribution in [1.82, 2.24) is 15.2 Å². The van der Waals surface area contributed by atoms with Gasteiger partial charge in [-0.15, -0.1) is 11.3 Å². The van der Waals surface area contributed by atoms with E-state index in [-0.39, 0.29) is 0 Å². The maximum atomic E-state index is 4.53. The molecule has 1 saturated heterocycles. The SMILES string of the molecule is C=C(N[C@@H](C)CN1CCCCC1)c1cc(-c2sc(C)cc2C)ccn1. The minimum Gasteiger partial charge on any atom is -0.380 e. The maximum absolute atomic E-state index is 4.53. The first-order valence-electron chi connectivity index (χ1n) is 9.24. The summed E-state index contributed by atoms with van der Waals surface area (Å²) in [4.78, 5) is 9.76. The Bertz CT molecular complexity index is 728. The number of nitrogens with one attached hydrogen (secondary N) is 1. The summed E-state index contributed by atoms with van der Waals surface area (Å²) in [6, 6.07) is 6.86. The van der Waals surface area contributed by atoms with Gasteiger partial charge in [0, 0.05) is 28.5 Å². The van der Waals surface area contributed by atoms with Crippen LogP contribution in [0.1, 0.15) is 42.3 Å². The Hall–Kier alpha value is -1.65. The molecule has 2 aromatic heterocycles. The van der Waals surface area contributed by atoms with Crippen molar-refractivity contribution >= 4 is 17.0 Å². The lowest BCUT2D eigenvalue weighted by molar-refractivity contribution is 0.214. The predicted molar refractivity (Wildman–Crippen MR) is 109 cm³/mol. The second kappa shape index (κ2) is 8.15. The Morgan fingerprint density at radius 3 is 2.72 bits per heavy atom. The maximum Gasteiger partial charge on any atom is 0.0861 e. The first kappa shape index (κ1) is 18.2. The smallest absolute Gasteiger partial charge is 0.0861 e. The molecule has 4 heteroatoms. The van der Waals surface area contributed by atoms with Crippen molar-refractivity contribution in [3.05, 3.63) is 47.1 Å². The summed E-state index contributed by atoms with van der Waals surface area (Å²) in [6.45, 7) is 14.3. The van der Waals surface area contributed by atoms with Gasteiger partial charge < -0.3 is 10.2 Å². The van der Waals surface area contributed by atoms with E-state index in [0.717, 1.165) is 17.9 Å². The lowest BCUT2D eigenvalue weighted by Gasteiger charge is -2.30. The summed E-state index contributed by atoms with van der Waals surface area (Å²) in [6.07, 6.45) is 5.93. The average molecular weight is 356 g/mol. The van der Waals surface area contributed by atoms with Crippen LogP contribution in [0.5, 0.6) is 0 Å². The molecule has 1 aliphatic heterocycles. The molecule has 25 heavy (non-hydrogen) atoms. The van der Waals surface area contributed by atoms with E-state index >= 15 is 0 Å². The van der Waals surface area contributed by atoms with Crippen molar-refractivity contribution in [3.63, 3.8) is 0 Å². The Morgan fingerprint density at radius 2 is 2.04 bits per heavy atom. The van der Waals surface area contributed by atoms with Crippen LogP contribution in [0.25, 0.3) is 16.1 Å². The molecule has 0 saturated carbocycles. The number of aromatic nitrogens is 1. The first-order chi connectivity index (χ1) is 12.0. The zero-order valence-corrected chi connectivity index (χ0v) is 16.5. The first-order valence-corrected chi connectivity index (χ1v) is 10.1. The quantitative estimate of drug-likeness (QED) is 0.802. The van der Waals surface area contributed by atoms with Crippen molar-refractivity contribution in [1.29, 1.82) is 0 Å². The third-order valence-electron chi connectivity index (χ3n) is 4.77. The van der Waals surface area contributed by atoms with Gasteiger partial charge in [0.1, 0.15) is 0 Å². The molecule has 0 spiro atoms. The molecule has 0 amide bonds. The number of rotatable bonds is 6. The summed E-state index contributed by atoms with van der Waals surface area (Å²) in [5.74, 6) is 0. The van der Waals surface area contributed by atoms with Crippen molar-refractivity contribution in [3.8, 4) is 10.4 Å². The molecular formula is C21H29N3S. The lowest BCUT2D eigenvalue weighted by Crippen LogP contribution is -2.40. The highest BCUT2D eigenvalue weighted by Crippen LogP contribution is 2.32. The van der Waals surface area contributed by atoms with E-state index < -0.39 is 0 Å². The van der Waals surface area contributed by atoms with Crippen LogP contribution in [0, 0.1) is 13.8 Å². The minimum atomic E-state index is 0.377. The number of hydrogen-bond donors (Lipinski definition) is 1. The summed E-state index contributed by atoms with van der Waals surface area (Å²) in [5.41, 5.74) is 4.41. The molecule has 0 bridgehead atoms. The van der Waals surface area contributed by atoms with Crippen molar-refractivity contribution in [2.75, 3.05) is 19.6 Å². The molecule has 1 aliphatic rings. The zero-order chi connectivity index (χ0) is 17.8. The standard InChI is InChI=1S/C21H29N3S/c1-15-12-17(3)25-21(15)19-8-9-22-20(13-19)18(4)23-16(2)14-24-10-6-5-7-11-24/h8-9,12-13,16,23H,4-7,10-11,14H2,1-3H3/t16-/m0/s1. The summed E-state index contributed by atoms with van der Waals surface area (Å²) in [7, 11) is 0. The molecule has 0 unspecified atom stereocenters. The van der Waals surface area contributed by atoms with Gasteiger partial charge in [-0.2, -0.15) is 0 Å². The van der Waals surface area contributed by atoms with E-state index in [1.54, 1.807) is 0 Å². The highest BCUT2D eigenvalue weighted by molar-refractivity contribution is 7.15. The number of nitrogens with zero attached hydrogens (tertiary/aromatic N) is 2. The average Bonchev–Trinajstić information content (AvgIpc) is 2.94. The van der Waals surface area contributed by atoms with Crippen molar-refractivity contribution in [2.45, 2.75) is 46.1 Å². The van der Waals surface area contributed by atoms with Gasteiger partial charge in [-0.1, -0.05) is 13.0 Å². The molecule has 134 valence electrons. The highest BCUT2D eigenvalue weighted by Gasteiger charge is 2.15. The second-order valence-corrected chi connectivity index (χ2v) is 8.44. The van der Waals surface area contributed by atoms with Gasteiger partial charge in [0.15, 0.2) is 0 Å². The predicted octanol–water partition coefficient (Wildman–Crippen LogP) is 4.86. The number of pyridine rings is 1. The molecule has 2 aromatic rings. The van der Waals surface area contributed by atoms with E-state index in [2.05, 4.69) is 60.7 Å². The molecule has 3 heterocycles. The van der Waals surface area contributed by atoms with Gasteiger partial charge >= 0.3 is 0 Å². The van der Waals surface area contributed by atoms with Gasteiger partial charge in [-0.25, -0.2) is 0 Å². The van der Waals surface area contributed by atoms with Gasteiger partial charge in [0.05, 0.1) is 11.4 Å². The highest BCUT2D eigenvalue weighted by atomic mass is 32.1. The van der Waals surface area contributed by atoms with Gasteiger partial charge in [-0.3, -0.25) is 4.98 Å². The third kappa shape index (κ3) is 4.71. The Morgan fingerprint density at radius 1 is 1.28 bits per heavy atom. The van der Waals surface area contributed by atoms with Crippen LogP contribution in [-0.4, -0.2) is 35.6 Å². The van der Waals surface area contributed by atoms with Gasteiger partial charge in [-0.05, 0) is 76.0 Å². The lowest BCUT2D eigenvalue weighted by atomic mass is 10.1. The third-order valence-corrected chi connectivity index (χ3v) is 5.98. The van der Waals surface area contributed by atoms with E-state index in [4.69, 9.17) is 0 Å². The van der Waals surface area contributed by atoms with Crippen LogP contribution >= 0.6 is 11.3 Å². The summed E-state index contributed by atoms with van der Waals surface area (Å²) < 4.78 is 0. The fraction of sp³-hybridized carbons (Fsp3) is 0.476. The van der Waals surface area contributed by atoms with Gasteiger partial charge in [0.25, 0.3) is 0 Å². The number of likely N-dealkylation sites (tertiary alicyclic amines) is 1. The summed E-state index contributed by atoms with van der Waals surface area (Å²) in [5, 5.41) is 3.55. The number of aryl methyl sites for hydroxylation is 2. The summed E-state index contributed by atoms with van der Waals surface area (Å²) >= 11 is 1.84. The zero-order valence-electron chi connectivity index (χ0n) is 15.6. The van der Waals surface area contributed by atoms with E-state index in [1.165, 1.54) is 53.2 Å². The Balaban J connectivity index is 1.65. The van der Waals surface area contributed by atoms with Crippen LogP contribution < -0.4 is 5.32 Å². The fourth-order valence-electron chi connectivity index (χ4n) is 3.61. The minimum absolute atomic E-state index is 0.377. The van der Waals surface area contributed by atoms with E-state index in [1.807, 2.05) is 17.5 Å². The molecule has 0 radical (unpaired) electrons.